The molecule has 0 spiro atoms. The van der Waals surface area contributed by atoms with E-state index in [9.17, 15) is 9.59 Å². The molecule has 1 unspecified atom stereocenters. The van der Waals surface area contributed by atoms with E-state index >= 15 is 4.39 Å². The lowest BCUT2D eigenvalue weighted by Crippen LogP contribution is -2.33. The third kappa shape index (κ3) is 6.55. The molecule has 4 rings (SSSR count). The Morgan fingerprint density at radius 2 is 1.72 bits per heavy atom. The molecule has 3 aromatic carbocycles. The van der Waals surface area contributed by atoms with Gasteiger partial charge in [0.15, 0.2) is 0 Å². The summed E-state index contributed by atoms with van der Waals surface area (Å²) < 4.78 is 20.3. The number of ether oxygens (including phenoxy) is 1. The molecule has 0 saturated carbocycles. The number of carbonyl (C=O) groups is 2. The van der Waals surface area contributed by atoms with Gasteiger partial charge in [0, 0.05) is 35.6 Å². The molecule has 9 heteroatoms. The summed E-state index contributed by atoms with van der Waals surface area (Å²) in [4.78, 5) is 26.8. The summed E-state index contributed by atoms with van der Waals surface area (Å²) >= 11 is 12.2. The maximum atomic E-state index is 15.0. The van der Waals surface area contributed by atoms with Gasteiger partial charge in [-0.05, 0) is 60.1 Å². The Hall–Kier alpha value is -3.13. The fraction of sp³-hybridized carbons (Fsp3) is 0.259. The molecule has 0 aliphatic carbocycles. The number of hydrogen-bond donors (Lipinski definition) is 1. The van der Waals surface area contributed by atoms with Crippen molar-refractivity contribution in [3.05, 3.63) is 87.7 Å². The molecule has 188 valence electrons. The first kappa shape index (κ1) is 25.9. The van der Waals surface area contributed by atoms with Crippen LogP contribution in [0.1, 0.15) is 18.1 Å². The topological polar surface area (TPSA) is 61.9 Å². The number of hydrogen-bond acceptors (Lipinski definition) is 4. The molecule has 0 aromatic heterocycles. The van der Waals surface area contributed by atoms with Gasteiger partial charge in [-0.15, -0.1) is 0 Å². The van der Waals surface area contributed by atoms with E-state index in [0.717, 1.165) is 16.7 Å². The first-order valence-electron chi connectivity index (χ1n) is 11.4. The SMILES string of the molecule is CC(=O)NCC1CN(c2ccc(-c3ccc(CN(C)Cc4cc(Cl)cc(Cl)c4)cc3)c(F)c2)C(=O)O1. The lowest BCUT2D eigenvalue weighted by Gasteiger charge is -2.18. The monoisotopic (exact) mass is 529 g/mol. The van der Waals surface area contributed by atoms with Gasteiger partial charge in [-0.3, -0.25) is 14.6 Å². The highest BCUT2D eigenvalue weighted by Gasteiger charge is 2.32. The molecule has 2 amide bonds. The standard InChI is InChI=1S/C27H26Cl2FN3O3/c1-17(34)31-13-24-16-33(27(35)36-24)23-7-8-25(26(30)12-23)20-5-3-18(4-6-20)14-32(2)15-19-9-21(28)11-22(29)10-19/h3-12,24H,13-16H2,1-2H3,(H,31,34). The third-order valence-corrected chi connectivity index (χ3v) is 6.25. The van der Waals surface area contributed by atoms with Gasteiger partial charge in [0.2, 0.25) is 5.91 Å². The summed E-state index contributed by atoms with van der Waals surface area (Å²) in [7, 11) is 2.01. The lowest BCUT2D eigenvalue weighted by atomic mass is 10.0. The Morgan fingerprint density at radius 1 is 1.06 bits per heavy atom. The largest absolute Gasteiger partial charge is 0.442 e. The summed E-state index contributed by atoms with van der Waals surface area (Å²) in [5, 5.41) is 3.84. The molecule has 1 aliphatic rings. The van der Waals surface area contributed by atoms with Crippen LogP contribution >= 0.6 is 23.2 Å². The number of amides is 2. The van der Waals surface area contributed by atoms with Crippen LogP contribution in [0.4, 0.5) is 14.9 Å². The highest BCUT2D eigenvalue weighted by atomic mass is 35.5. The number of halogens is 3. The summed E-state index contributed by atoms with van der Waals surface area (Å²) in [6.07, 6.45) is -1.04. The molecule has 36 heavy (non-hydrogen) atoms. The van der Waals surface area contributed by atoms with Crippen LogP contribution in [-0.4, -0.2) is 43.1 Å². The minimum absolute atomic E-state index is 0.205. The van der Waals surface area contributed by atoms with E-state index in [1.54, 1.807) is 18.2 Å². The summed E-state index contributed by atoms with van der Waals surface area (Å²) in [5.74, 6) is -0.642. The molecular weight excluding hydrogens is 504 g/mol. The first-order valence-corrected chi connectivity index (χ1v) is 12.2. The van der Waals surface area contributed by atoms with Crippen LogP contribution in [0, 0.1) is 5.82 Å². The highest BCUT2D eigenvalue weighted by Crippen LogP contribution is 2.29. The van der Waals surface area contributed by atoms with Crippen LogP contribution in [0.3, 0.4) is 0 Å². The van der Waals surface area contributed by atoms with E-state index in [2.05, 4.69) is 10.2 Å². The smallest absolute Gasteiger partial charge is 0.414 e. The zero-order valence-corrected chi connectivity index (χ0v) is 21.4. The molecule has 1 fully saturated rings. The van der Waals surface area contributed by atoms with Crippen molar-refractivity contribution in [2.24, 2.45) is 0 Å². The van der Waals surface area contributed by atoms with Crippen LogP contribution in [0.25, 0.3) is 11.1 Å². The highest BCUT2D eigenvalue weighted by molar-refractivity contribution is 6.34. The molecule has 6 nitrogen and oxygen atoms in total. The van der Waals surface area contributed by atoms with Crippen molar-refractivity contribution >= 4 is 40.9 Å². The van der Waals surface area contributed by atoms with Crippen LogP contribution < -0.4 is 10.2 Å². The van der Waals surface area contributed by atoms with Crippen LogP contribution in [-0.2, 0) is 22.6 Å². The number of cyclic esters (lactones) is 1. The summed E-state index contributed by atoms with van der Waals surface area (Å²) in [5.41, 5.74) is 3.69. The van der Waals surface area contributed by atoms with Gasteiger partial charge in [0.25, 0.3) is 0 Å². The van der Waals surface area contributed by atoms with Crippen molar-refractivity contribution in [3.63, 3.8) is 0 Å². The molecule has 1 saturated heterocycles. The average Bonchev–Trinajstić information content (AvgIpc) is 3.18. The van der Waals surface area contributed by atoms with E-state index in [0.29, 0.717) is 34.4 Å². The normalized spacial score (nSPS) is 15.3. The molecule has 0 radical (unpaired) electrons. The summed E-state index contributed by atoms with van der Waals surface area (Å²) in [6, 6.07) is 17.9. The van der Waals surface area contributed by atoms with E-state index in [1.807, 2.05) is 43.4 Å². The fourth-order valence-electron chi connectivity index (χ4n) is 4.17. The number of nitrogens with one attached hydrogen (secondary N) is 1. The second kappa shape index (κ2) is 11.3. The lowest BCUT2D eigenvalue weighted by molar-refractivity contribution is -0.119. The van der Waals surface area contributed by atoms with E-state index in [1.165, 1.54) is 17.9 Å². The van der Waals surface area contributed by atoms with Crippen molar-refractivity contribution in [2.75, 3.05) is 25.0 Å². The Morgan fingerprint density at radius 3 is 2.36 bits per heavy atom. The van der Waals surface area contributed by atoms with Crippen molar-refractivity contribution in [1.82, 2.24) is 10.2 Å². The predicted molar refractivity (Wildman–Crippen MR) is 140 cm³/mol. The number of rotatable bonds is 8. The number of carbonyl (C=O) groups excluding carboxylic acids is 2. The minimum Gasteiger partial charge on any atom is -0.442 e. The van der Waals surface area contributed by atoms with Crippen molar-refractivity contribution in [2.45, 2.75) is 26.1 Å². The average molecular weight is 530 g/mol. The van der Waals surface area contributed by atoms with Gasteiger partial charge in [-0.2, -0.15) is 0 Å². The van der Waals surface area contributed by atoms with Gasteiger partial charge >= 0.3 is 6.09 Å². The summed E-state index contributed by atoms with van der Waals surface area (Å²) in [6.45, 7) is 3.23. The third-order valence-electron chi connectivity index (χ3n) is 5.81. The van der Waals surface area contributed by atoms with E-state index < -0.39 is 18.0 Å². The second-order valence-corrected chi connectivity index (χ2v) is 9.74. The predicted octanol–water partition coefficient (Wildman–Crippen LogP) is 5.89. The fourth-order valence-corrected chi connectivity index (χ4v) is 4.74. The van der Waals surface area contributed by atoms with Crippen molar-refractivity contribution in [3.8, 4) is 11.1 Å². The molecule has 0 bridgehead atoms. The Kier molecular flexibility index (Phi) is 8.14. The zero-order valence-electron chi connectivity index (χ0n) is 19.9. The maximum absolute atomic E-state index is 15.0. The first-order chi connectivity index (χ1) is 17.2. The number of benzene rings is 3. The van der Waals surface area contributed by atoms with Gasteiger partial charge in [-0.25, -0.2) is 9.18 Å². The molecule has 1 atom stereocenters. The van der Waals surface area contributed by atoms with Gasteiger partial charge in [0.05, 0.1) is 18.8 Å². The van der Waals surface area contributed by atoms with Crippen LogP contribution in [0.15, 0.2) is 60.7 Å². The Bertz CT molecular complexity index is 1250. The second-order valence-electron chi connectivity index (χ2n) is 8.86. The van der Waals surface area contributed by atoms with Crippen molar-refractivity contribution < 1.29 is 18.7 Å². The number of nitrogens with zero attached hydrogens (tertiary/aromatic N) is 2. The molecule has 1 N–H and O–H groups in total. The van der Waals surface area contributed by atoms with Crippen LogP contribution in [0.5, 0.6) is 0 Å². The molecule has 1 aliphatic heterocycles. The van der Waals surface area contributed by atoms with Crippen molar-refractivity contribution in [1.29, 1.82) is 0 Å². The van der Waals surface area contributed by atoms with E-state index in [-0.39, 0.29) is 19.0 Å². The van der Waals surface area contributed by atoms with E-state index in [4.69, 9.17) is 27.9 Å². The molecular formula is C27H26Cl2FN3O3. The quantitative estimate of drug-likeness (QED) is 0.395. The maximum Gasteiger partial charge on any atom is 0.414 e. The Balaban J connectivity index is 1.40. The zero-order chi connectivity index (χ0) is 25.8. The minimum atomic E-state index is -0.564. The Labute approximate surface area is 219 Å². The van der Waals surface area contributed by atoms with Gasteiger partial charge < -0.3 is 10.1 Å². The number of anilines is 1. The van der Waals surface area contributed by atoms with Crippen LogP contribution in [0.2, 0.25) is 10.0 Å². The molecule has 1 heterocycles. The van der Waals surface area contributed by atoms with Gasteiger partial charge in [-0.1, -0.05) is 47.5 Å². The molecule has 3 aromatic rings. The van der Waals surface area contributed by atoms with Gasteiger partial charge in [0.1, 0.15) is 11.9 Å².